The molecule has 1 aliphatic carbocycles. The normalized spacial score (nSPS) is 25.6. The summed E-state index contributed by atoms with van der Waals surface area (Å²) in [5, 5.41) is 4.27. The molecule has 17 heavy (non-hydrogen) atoms. The Balaban J connectivity index is 1.72. The molecule has 1 saturated heterocycles. The van der Waals surface area contributed by atoms with E-state index in [2.05, 4.69) is 23.2 Å². The van der Waals surface area contributed by atoms with Gasteiger partial charge in [-0.25, -0.2) is 5.01 Å². The van der Waals surface area contributed by atoms with Crippen LogP contribution < -0.4 is 0 Å². The number of hydrogen-bond acceptors (Lipinski definition) is 2. The molecule has 0 unspecified atom stereocenters. The summed E-state index contributed by atoms with van der Waals surface area (Å²) in [6.07, 6.45) is 3.17. The second-order valence-electron chi connectivity index (χ2n) is 5.72. The van der Waals surface area contributed by atoms with Crippen LogP contribution in [0.4, 0.5) is 0 Å². The van der Waals surface area contributed by atoms with Gasteiger partial charge in [0.15, 0.2) is 0 Å². The SMILES string of the molecule is O=C1Cc2ccccc2CN2CC3(CC3)CN12. The first-order valence-corrected chi connectivity index (χ1v) is 6.38. The molecule has 0 atom stereocenters. The van der Waals surface area contributed by atoms with Crippen LogP contribution in [0.2, 0.25) is 0 Å². The lowest BCUT2D eigenvalue weighted by Gasteiger charge is -2.25. The van der Waals surface area contributed by atoms with Gasteiger partial charge in [0.1, 0.15) is 0 Å². The Bertz CT molecular complexity index is 493. The zero-order chi connectivity index (χ0) is 11.5. The fourth-order valence-corrected chi connectivity index (χ4v) is 3.16. The second-order valence-corrected chi connectivity index (χ2v) is 5.72. The Kier molecular flexibility index (Phi) is 1.76. The summed E-state index contributed by atoms with van der Waals surface area (Å²) in [5.41, 5.74) is 2.99. The molecule has 1 spiro atoms. The number of amides is 1. The Labute approximate surface area is 101 Å². The maximum Gasteiger partial charge on any atom is 0.241 e. The van der Waals surface area contributed by atoms with Gasteiger partial charge in [0, 0.05) is 25.0 Å². The largest absolute Gasteiger partial charge is 0.274 e. The minimum atomic E-state index is 0.277. The van der Waals surface area contributed by atoms with Gasteiger partial charge in [0.25, 0.3) is 0 Å². The molecule has 0 bridgehead atoms. The third-order valence-electron chi connectivity index (χ3n) is 4.40. The second kappa shape index (κ2) is 3.10. The van der Waals surface area contributed by atoms with Crippen molar-refractivity contribution in [3.05, 3.63) is 35.4 Å². The van der Waals surface area contributed by atoms with E-state index < -0.39 is 0 Å². The average molecular weight is 228 g/mol. The van der Waals surface area contributed by atoms with Gasteiger partial charge >= 0.3 is 0 Å². The van der Waals surface area contributed by atoms with E-state index in [1.807, 2.05) is 11.1 Å². The van der Waals surface area contributed by atoms with Crippen LogP contribution in [0.5, 0.6) is 0 Å². The van der Waals surface area contributed by atoms with Gasteiger partial charge in [-0.05, 0) is 24.0 Å². The molecule has 3 nitrogen and oxygen atoms in total. The predicted molar refractivity (Wildman–Crippen MR) is 63.9 cm³/mol. The van der Waals surface area contributed by atoms with Crippen molar-refractivity contribution in [2.24, 2.45) is 5.41 Å². The third-order valence-corrected chi connectivity index (χ3v) is 4.40. The molecule has 3 heteroatoms. The van der Waals surface area contributed by atoms with Crippen LogP contribution in [0.25, 0.3) is 0 Å². The van der Waals surface area contributed by atoms with Crippen LogP contribution in [0, 0.1) is 5.41 Å². The van der Waals surface area contributed by atoms with E-state index >= 15 is 0 Å². The molecule has 1 aromatic carbocycles. The van der Waals surface area contributed by atoms with Crippen molar-refractivity contribution in [2.45, 2.75) is 25.8 Å². The molecule has 0 radical (unpaired) electrons. The van der Waals surface area contributed by atoms with Crippen molar-refractivity contribution < 1.29 is 4.79 Å². The Morgan fingerprint density at radius 1 is 1.06 bits per heavy atom. The molecule has 0 N–H and O–H groups in total. The molecule has 3 aliphatic rings. The molecule has 2 heterocycles. The van der Waals surface area contributed by atoms with Crippen LogP contribution in [-0.2, 0) is 17.8 Å². The summed E-state index contributed by atoms with van der Waals surface area (Å²) in [6.45, 7) is 2.94. The van der Waals surface area contributed by atoms with Crippen LogP contribution in [-0.4, -0.2) is 29.0 Å². The van der Waals surface area contributed by atoms with Crippen molar-refractivity contribution >= 4 is 5.91 Å². The van der Waals surface area contributed by atoms with E-state index in [1.165, 1.54) is 24.0 Å². The highest BCUT2D eigenvalue weighted by molar-refractivity contribution is 5.79. The van der Waals surface area contributed by atoms with Gasteiger partial charge in [-0.15, -0.1) is 0 Å². The lowest BCUT2D eigenvalue weighted by Crippen LogP contribution is -2.39. The molecule has 4 rings (SSSR count). The lowest BCUT2D eigenvalue weighted by atomic mass is 10.0. The maximum absolute atomic E-state index is 12.3. The molecule has 88 valence electrons. The molecular formula is C14H16N2O. The standard InChI is InChI=1S/C14H16N2O/c17-13-7-11-3-1-2-4-12(11)8-15-9-14(5-6-14)10-16(13)15/h1-4H,5-10H2. The minimum Gasteiger partial charge on any atom is -0.274 e. The quantitative estimate of drug-likeness (QED) is 0.673. The van der Waals surface area contributed by atoms with Crippen molar-refractivity contribution in [3.8, 4) is 0 Å². The zero-order valence-electron chi connectivity index (χ0n) is 9.85. The first kappa shape index (κ1) is 9.66. The smallest absolute Gasteiger partial charge is 0.241 e. The topological polar surface area (TPSA) is 23.6 Å². The summed E-state index contributed by atoms with van der Waals surface area (Å²) in [7, 11) is 0. The van der Waals surface area contributed by atoms with Crippen LogP contribution in [0.15, 0.2) is 24.3 Å². The summed E-state index contributed by atoms with van der Waals surface area (Å²) in [4.78, 5) is 12.3. The van der Waals surface area contributed by atoms with Crippen molar-refractivity contribution in [3.63, 3.8) is 0 Å². The minimum absolute atomic E-state index is 0.277. The summed E-state index contributed by atoms with van der Waals surface area (Å²) in [6, 6.07) is 8.34. The average Bonchev–Trinajstić information content (AvgIpc) is 2.98. The number of hydrogen-bond donors (Lipinski definition) is 0. The molecule has 1 amide bonds. The summed E-state index contributed by atoms with van der Waals surface area (Å²) in [5.74, 6) is 0.277. The van der Waals surface area contributed by atoms with Crippen LogP contribution in [0.3, 0.4) is 0 Å². The lowest BCUT2D eigenvalue weighted by molar-refractivity contribution is -0.142. The fraction of sp³-hybridized carbons (Fsp3) is 0.500. The molecule has 0 aromatic heterocycles. The van der Waals surface area contributed by atoms with E-state index in [9.17, 15) is 4.79 Å². The number of carbonyl (C=O) groups excluding carboxylic acids is 1. The number of rotatable bonds is 0. The first-order chi connectivity index (χ1) is 8.26. The number of benzene rings is 1. The maximum atomic E-state index is 12.3. The number of hydrazine groups is 1. The zero-order valence-corrected chi connectivity index (χ0v) is 9.85. The first-order valence-electron chi connectivity index (χ1n) is 6.38. The molecule has 1 saturated carbocycles. The number of nitrogens with zero attached hydrogens (tertiary/aromatic N) is 2. The molecule has 1 aromatic rings. The highest BCUT2D eigenvalue weighted by atomic mass is 16.2. The predicted octanol–water partition coefficient (Wildman–Crippen LogP) is 1.58. The van der Waals surface area contributed by atoms with E-state index in [0.717, 1.165) is 19.6 Å². The van der Waals surface area contributed by atoms with Gasteiger partial charge in [0.05, 0.1) is 6.42 Å². The van der Waals surface area contributed by atoms with Crippen molar-refractivity contribution in [1.82, 2.24) is 10.0 Å². The van der Waals surface area contributed by atoms with Gasteiger partial charge < -0.3 is 0 Å². The Morgan fingerprint density at radius 3 is 2.59 bits per heavy atom. The third kappa shape index (κ3) is 1.42. The fourth-order valence-electron chi connectivity index (χ4n) is 3.16. The van der Waals surface area contributed by atoms with E-state index in [0.29, 0.717) is 11.8 Å². The monoisotopic (exact) mass is 228 g/mol. The van der Waals surface area contributed by atoms with Crippen molar-refractivity contribution in [2.75, 3.05) is 13.1 Å². The van der Waals surface area contributed by atoms with E-state index in [-0.39, 0.29) is 5.91 Å². The Morgan fingerprint density at radius 2 is 1.82 bits per heavy atom. The van der Waals surface area contributed by atoms with Crippen LogP contribution >= 0.6 is 0 Å². The van der Waals surface area contributed by atoms with Crippen LogP contribution in [0.1, 0.15) is 24.0 Å². The number of carbonyl (C=O) groups is 1. The van der Waals surface area contributed by atoms with E-state index in [1.54, 1.807) is 0 Å². The summed E-state index contributed by atoms with van der Waals surface area (Å²) < 4.78 is 0. The highest BCUT2D eigenvalue weighted by Crippen LogP contribution is 2.51. The molecular weight excluding hydrogens is 212 g/mol. The van der Waals surface area contributed by atoms with Gasteiger partial charge in [-0.1, -0.05) is 24.3 Å². The van der Waals surface area contributed by atoms with Gasteiger partial charge in [-0.2, -0.15) is 0 Å². The van der Waals surface area contributed by atoms with Crippen molar-refractivity contribution in [1.29, 1.82) is 0 Å². The van der Waals surface area contributed by atoms with Gasteiger partial charge in [-0.3, -0.25) is 9.80 Å². The summed E-state index contributed by atoms with van der Waals surface area (Å²) >= 11 is 0. The Hall–Kier alpha value is -1.35. The number of fused-ring (bicyclic) bond motifs is 2. The van der Waals surface area contributed by atoms with Gasteiger partial charge in [0.2, 0.25) is 5.91 Å². The molecule has 2 aliphatic heterocycles. The van der Waals surface area contributed by atoms with E-state index in [4.69, 9.17) is 0 Å². The highest BCUT2D eigenvalue weighted by Gasteiger charge is 2.53. The molecule has 2 fully saturated rings.